The van der Waals surface area contributed by atoms with Gasteiger partial charge in [-0.15, -0.1) is 11.3 Å². The number of nitrogens with zero attached hydrogens (tertiary/aromatic N) is 2. The van der Waals surface area contributed by atoms with Crippen LogP contribution in [0.25, 0.3) is 0 Å². The van der Waals surface area contributed by atoms with Crippen molar-refractivity contribution in [3.05, 3.63) is 45.8 Å². The number of likely N-dealkylation sites (N-methyl/N-ethyl adjacent to an activating group) is 1. The van der Waals surface area contributed by atoms with E-state index in [2.05, 4.69) is 4.98 Å². The number of aryl methyl sites for hydroxylation is 1. The molecule has 0 aliphatic carbocycles. The number of rotatable bonds is 3. The highest BCUT2D eigenvalue weighted by molar-refractivity contribution is 7.12. The lowest BCUT2D eigenvalue weighted by Gasteiger charge is -2.22. The van der Waals surface area contributed by atoms with Crippen LogP contribution in [0, 0.1) is 6.92 Å². The maximum absolute atomic E-state index is 11.9. The van der Waals surface area contributed by atoms with Crippen LogP contribution in [0.2, 0.25) is 0 Å². The van der Waals surface area contributed by atoms with Crippen molar-refractivity contribution in [1.29, 1.82) is 0 Å². The van der Waals surface area contributed by atoms with Gasteiger partial charge in [0, 0.05) is 11.3 Å². The quantitative estimate of drug-likeness (QED) is 0.766. The Hall–Kier alpha value is -2.19. The van der Waals surface area contributed by atoms with Crippen LogP contribution in [-0.4, -0.2) is 49.1 Å². The van der Waals surface area contributed by atoms with Crippen molar-refractivity contribution in [1.82, 2.24) is 9.88 Å². The number of benzene rings is 1. The summed E-state index contributed by atoms with van der Waals surface area (Å²) in [7, 11) is 0.582. The van der Waals surface area contributed by atoms with Gasteiger partial charge < -0.3 is 9.31 Å². The summed E-state index contributed by atoms with van der Waals surface area (Å²) in [5, 5.41) is 0.835. The first-order valence-electron chi connectivity index (χ1n) is 7.59. The second-order valence-electron chi connectivity index (χ2n) is 5.69. The Balaban J connectivity index is 1.87. The Morgan fingerprint density at radius 3 is 2.42 bits per heavy atom. The summed E-state index contributed by atoms with van der Waals surface area (Å²) in [6, 6.07) is 9.92. The molecular weight excluding hydrogens is 327 g/mol. The van der Waals surface area contributed by atoms with Crippen LogP contribution < -0.4 is 5.59 Å². The molecule has 0 N–H and O–H groups in total. The van der Waals surface area contributed by atoms with Gasteiger partial charge in [-0.1, -0.05) is 30.3 Å². The Morgan fingerprint density at radius 1 is 1.17 bits per heavy atom. The number of thiazole rings is 1. The van der Waals surface area contributed by atoms with Gasteiger partial charge in [-0.05, 0) is 19.5 Å². The summed E-state index contributed by atoms with van der Waals surface area (Å²) < 4.78 is 10.7. The summed E-state index contributed by atoms with van der Waals surface area (Å²) in [6.45, 7) is 1.97. The van der Waals surface area contributed by atoms with Gasteiger partial charge in [0.2, 0.25) is 0 Å². The molecule has 1 aromatic heterocycles. The largest absolute Gasteiger partial charge is 0.657 e. The average molecular weight is 344 g/mol. The monoisotopic (exact) mass is 344 g/mol. The molecule has 1 fully saturated rings. The zero-order chi connectivity index (χ0) is 17.1. The normalized spacial score (nSPS) is 16.3. The van der Waals surface area contributed by atoms with Crippen molar-refractivity contribution >= 4 is 36.0 Å². The smallest absolute Gasteiger partial charge is 0.493 e. The van der Waals surface area contributed by atoms with E-state index < -0.39 is 19.1 Å². The summed E-state index contributed by atoms with van der Waals surface area (Å²) in [5.41, 5.74) is 1.62. The molecule has 0 radical (unpaired) electrons. The molecule has 0 spiro atoms. The first-order valence-corrected chi connectivity index (χ1v) is 8.40. The minimum Gasteiger partial charge on any atom is -0.493 e. The van der Waals surface area contributed by atoms with Crippen molar-refractivity contribution < 1.29 is 18.9 Å². The molecular formula is C16H17BN2O4S. The minimum atomic E-state index is -1.08. The van der Waals surface area contributed by atoms with E-state index in [0.717, 1.165) is 15.4 Å². The molecule has 6 nitrogen and oxygen atoms in total. The second-order valence-corrected chi connectivity index (χ2v) is 6.98. The highest BCUT2D eigenvalue weighted by Gasteiger charge is 2.38. The SMILES string of the molecule is Cc1nc(B2OC(=O)CN(C)CC(=O)O2)c(Cc2ccccc2)s1. The van der Waals surface area contributed by atoms with E-state index >= 15 is 0 Å². The molecule has 3 rings (SSSR count). The van der Waals surface area contributed by atoms with Gasteiger partial charge in [0.25, 0.3) is 0 Å². The van der Waals surface area contributed by atoms with Gasteiger partial charge in [0.05, 0.1) is 18.1 Å². The Kier molecular flexibility index (Phi) is 4.96. The lowest BCUT2D eigenvalue weighted by molar-refractivity contribution is -0.145. The summed E-state index contributed by atoms with van der Waals surface area (Å²) in [4.78, 5) is 30.8. The minimum absolute atomic E-state index is 0.0444. The predicted molar refractivity (Wildman–Crippen MR) is 91.2 cm³/mol. The Bertz CT molecular complexity index is 730. The van der Waals surface area contributed by atoms with Gasteiger partial charge in [0.15, 0.2) is 0 Å². The van der Waals surface area contributed by atoms with Crippen molar-refractivity contribution in [3.8, 4) is 0 Å². The molecule has 24 heavy (non-hydrogen) atoms. The fraction of sp³-hybridized carbons (Fsp3) is 0.312. The van der Waals surface area contributed by atoms with Crippen molar-refractivity contribution in [2.45, 2.75) is 13.3 Å². The van der Waals surface area contributed by atoms with Crippen LogP contribution >= 0.6 is 11.3 Å². The standard InChI is InChI=1S/C16H17BN2O4S/c1-11-18-16(13(24-11)8-12-6-4-3-5-7-12)17-22-14(20)9-19(2)10-15(21)23-17/h3-7H,8-10H2,1-2H3. The predicted octanol–water partition coefficient (Wildman–Crippen LogP) is 0.769. The van der Waals surface area contributed by atoms with Crippen LogP contribution in [0.3, 0.4) is 0 Å². The maximum Gasteiger partial charge on any atom is 0.657 e. The third kappa shape index (κ3) is 4.01. The molecule has 1 aliphatic rings. The molecule has 0 bridgehead atoms. The summed E-state index contributed by atoms with van der Waals surface area (Å²) in [6.07, 6.45) is 0.646. The summed E-state index contributed by atoms with van der Waals surface area (Å²) in [5.74, 6) is -0.877. The first kappa shape index (κ1) is 16.7. The van der Waals surface area contributed by atoms with Crippen LogP contribution in [0.5, 0.6) is 0 Å². The summed E-state index contributed by atoms with van der Waals surface area (Å²) >= 11 is 1.51. The average Bonchev–Trinajstić information content (AvgIpc) is 2.86. The van der Waals surface area contributed by atoms with E-state index in [-0.39, 0.29) is 13.1 Å². The van der Waals surface area contributed by atoms with Crippen LogP contribution in [0.4, 0.5) is 0 Å². The van der Waals surface area contributed by atoms with E-state index in [1.54, 1.807) is 11.9 Å². The van der Waals surface area contributed by atoms with Crippen molar-refractivity contribution in [2.75, 3.05) is 20.1 Å². The first-order chi connectivity index (χ1) is 11.5. The van der Waals surface area contributed by atoms with Crippen molar-refractivity contribution in [2.24, 2.45) is 0 Å². The highest BCUT2D eigenvalue weighted by Crippen LogP contribution is 2.17. The van der Waals surface area contributed by atoms with E-state index in [9.17, 15) is 9.59 Å². The molecule has 1 saturated heterocycles. The molecule has 0 atom stereocenters. The number of carbonyl (C=O) groups is 2. The highest BCUT2D eigenvalue weighted by atomic mass is 32.1. The van der Waals surface area contributed by atoms with Crippen LogP contribution in [-0.2, 0) is 25.3 Å². The van der Waals surface area contributed by atoms with E-state index in [4.69, 9.17) is 9.31 Å². The number of carbonyl (C=O) groups excluding carboxylic acids is 2. The van der Waals surface area contributed by atoms with Gasteiger partial charge in [-0.2, -0.15) is 0 Å². The van der Waals surface area contributed by atoms with Gasteiger partial charge >= 0.3 is 19.1 Å². The van der Waals surface area contributed by atoms with Crippen molar-refractivity contribution in [3.63, 3.8) is 0 Å². The van der Waals surface area contributed by atoms with Gasteiger partial charge in [-0.3, -0.25) is 14.5 Å². The molecule has 0 unspecified atom stereocenters. The Labute approximate surface area is 144 Å². The van der Waals surface area contributed by atoms with Gasteiger partial charge in [0.1, 0.15) is 5.59 Å². The third-order valence-electron chi connectivity index (χ3n) is 3.54. The van der Waals surface area contributed by atoms with E-state index in [0.29, 0.717) is 12.0 Å². The van der Waals surface area contributed by atoms with Crippen LogP contribution in [0.15, 0.2) is 30.3 Å². The molecule has 2 aromatic rings. The number of hydrogen-bond donors (Lipinski definition) is 0. The fourth-order valence-electron chi connectivity index (χ4n) is 2.52. The number of aromatic nitrogens is 1. The second kappa shape index (κ2) is 7.15. The van der Waals surface area contributed by atoms with Gasteiger partial charge in [-0.25, -0.2) is 4.98 Å². The molecule has 0 saturated carbocycles. The fourth-order valence-corrected chi connectivity index (χ4v) is 3.51. The molecule has 2 heterocycles. The molecule has 0 amide bonds. The van der Waals surface area contributed by atoms with E-state index in [1.165, 1.54) is 11.3 Å². The lowest BCUT2D eigenvalue weighted by atomic mass is 9.82. The number of hydrogen-bond acceptors (Lipinski definition) is 7. The molecule has 8 heteroatoms. The Morgan fingerprint density at radius 2 is 1.79 bits per heavy atom. The molecule has 1 aliphatic heterocycles. The zero-order valence-corrected chi connectivity index (χ0v) is 14.3. The zero-order valence-electron chi connectivity index (χ0n) is 13.5. The van der Waals surface area contributed by atoms with Crippen LogP contribution in [0.1, 0.15) is 15.4 Å². The maximum atomic E-state index is 11.9. The third-order valence-corrected chi connectivity index (χ3v) is 4.53. The molecule has 1 aromatic carbocycles. The molecule has 124 valence electrons. The lowest BCUT2D eigenvalue weighted by Crippen LogP contribution is -2.49. The van der Waals surface area contributed by atoms with E-state index in [1.807, 2.05) is 37.3 Å². The topological polar surface area (TPSA) is 68.7 Å².